The van der Waals surface area contributed by atoms with Crippen LogP contribution >= 0.6 is 0 Å². The van der Waals surface area contributed by atoms with Gasteiger partial charge in [0.2, 0.25) is 0 Å². The van der Waals surface area contributed by atoms with Crippen molar-refractivity contribution in [3.63, 3.8) is 0 Å². The largest absolute Gasteiger partial charge is 1.00 e. The van der Waals surface area contributed by atoms with Gasteiger partial charge < -0.3 is 38.7 Å². The number of hydrogen-bond donors (Lipinski definition) is 2. The Morgan fingerprint density at radius 2 is 0.889 bits per heavy atom. The van der Waals surface area contributed by atoms with Crippen LogP contribution in [0.2, 0.25) is 0 Å². The summed E-state index contributed by atoms with van der Waals surface area (Å²) in [7, 11) is 2.17. The second kappa shape index (κ2) is 19.9. The Morgan fingerprint density at radius 3 is 1.19 bits per heavy atom. The van der Waals surface area contributed by atoms with Crippen LogP contribution in [0.1, 0.15) is 111 Å². The Bertz CT molecular complexity index is 288. The van der Waals surface area contributed by atoms with Gasteiger partial charge in [0.05, 0.1) is 13.6 Å². The zero-order chi connectivity index (χ0) is 19.7. The monoisotopic (exact) mass is 499 g/mol. The maximum absolute atomic E-state index is 9.72. The van der Waals surface area contributed by atoms with Gasteiger partial charge in [0.25, 0.3) is 0 Å². The molecule has 3 nitrogen and oxygen atoms in total. The van der Waals surface area contributed by atoms with Crippen molar-refractivity contribution in [3.8, 4) is 0 Å². The maximum atomic E-state index is 9.72. The molecule has 0 aromatic carbocycles. The Hall–Kier alpha value is 0.610. The molecule has 0 bridgehead atoms. The molecule has 0 aliphatic heterocycles. The molecule has 2 N–H and O–H groups in total. The first kappa shape index (κ1) is 29.8. The average Bonchev–Trinajstić information content (AvgIpc) is 2.53. The van der Waals surface area contributed by atoms with Crippen molar-refractivity contribution in [2.75, 3.05) is 26.7 Å². The summed E-state index contributed by atoms with van der Waals surface area (Å²) >= 11 is 0. The van der Waals surface area contributed by atoms with E-state index in [9.17, 15) is 10.2 Å². The van der Waals surface area contributed by atoms with Gasteiger partial charge in [-0.05, 0) is 26.7 Å². The van der Waals surface area contributed by atoms with E-state index in [0.717, 1.165) is 24.1 Å². The van der Waals surface area contributed by atoms with Crippen molar-refractivity contribution < 1.29 is 38.7 Å². The molecule has 4 heteroatoms. The summed E-state index contributed by atoms with van der Waals surface area (Å²) < 4.78 is 0.785. The molecule has 2 unspecified atom stereocenters. The van der Waals surface area contributed by atoms with Crippen LogP contribution < -0.4 is 24.0 Å². The highest BCUT2D eigenvalue weighted by Gasteiger charge is 2.25. The molecule has 0 amide bonds. The van der Waals surface area contributed by atoms with E-state index >= 15 is 0 Å². The van der Waals surface area contributed by atoms with E-state index in [4.69, 9.17) is 0 Å². The van der Waals surface area contributed by atoms with Crippen molar-refractivity contribution in [1.82, 2.24) is 0 Å². The van der Waals surface area contributed by atoms with Gasteiger partial charge in [-0.1, -0.05) is 84.0 Å². The minimum Gasteiger partial charge on any atom is -1.00 e. The van der Waals surface area contributed by atoms with Crippen molar-refractivity contribution >= 4 is 0 Å². The normalized spacial score (nSPS) is 15.8. The fraction of sp³-hybridized carbons (Fsp3) is 1.00. The fourth-order valence-corrected chi connectivity index (χ4v) is 4.22. The lowest BCUT2D eigenvalue weighted by Gasteiger charge is -2.36. The summed E-state index contributed by atoms with van der Waals surface area (Å²) in [5.74, 6) is 0. The second-order valence-corrected chi connectivity index (χ2v) is 9.00. The molecule has 0 rings (SSSR count). The lowest BCUT2D eigenvalue weighted by Crippen LogP contribution is -3.00. The van der Waals surface area contributed by atoms with Crippen LogP contribution in [0.3, 0.4) is 0 Å². The van der Waals surface area contributed by atoms with Gasteiger partial charge in [-0.2, -0.15) is 0 Å². The average molecular weight is 500 g/mol. The number of hydrogen-bond acceptors (Lipinski definition) is 2. The van der Waals surface area contributed by atoms with Crippen LogP contribution in [0.4, 0.5) is 0 Å². The summed E-state index contributed by atoms with van der Waals surface area (Å²) in [5.41, 5.74) is 0. The van der Waals surface area contributed by atoms with E-state index in [2.05, 4.69) is 14.0 Å². The topological polar surface area (TPSA) is 40.5 Å². The molecule has 0 aromatic heterocycles. The number of quaternary nitrogens is 1. The summed E-state index contributed by atoms with van der Waals surface area (Å²) in [6.45, 7) is 8.52. The van der Waals surface area contributed by atoms with Crippen molar-refractivity contribution in [1.29, 1.82) is 0 Å². The van der Waals surface area contributed by atoms with Crippen molar-refractivity contribution in [2.24, 2.45) is 0 Å². The second-order valence-electron chi connectivity index (χ2n) is 9.00. The summed E-state index contributed by atoms with van der Waals surface area (Å²) in [6, 6.07) is 0. The standard InChI is InChI=1S/C23H50NO2.HI/c1-5-6-7-8-9-10-11-12-13-14-15-16-17-18-19-24(4,20-22(2)25)21-23(3)26;/h22-23,25-26H,5-21H2,1-4H3;1H/q+1;/p-1. The Kier molecular flexibility index (Phi) is 22.0. The van der Waals surface area contributed by atoms with E-state index in [-0.39, 0.29) is 36.2 Å². The zero-order valence-corrected chi connectivity index (χ0v) is 21.1. The molecule has 0 aromatic rings. The highest BCUT2D eigenvalue weighted by atomic mass is 127. The molecule has 166 valence electrons. The Morgan fingerprint density at radius 1 is 0.593 bits per heavy atom. The minimum absolute atomic E-state index is 0. The first-order valence-corrected chi connectivity index (χ1v) is 11.6. The molecule has 0 spiro atoms. The number of halogens is 1. The number of aliphatic hydroxyl groups is 2. The van der Waals surface area contributed by atoms with Crippen LogP contribution in [0.25, 0.3) is 0 Å². The molecule has 2 atom stereocenters. The zero-order valence-electron chi connectivity index (χ0n) is 18.9. The lowest BCUT2D eigenvalue weighted by molar-refractivity contribution is -0.915. The highest BCUT2D eigenvalue weighted by Crippen LogP contribution is 2.14. The van der Waals surface area contributed by atoms with Gasteiger partial charge in [0.1, 0.15) is 25.3 Å². The smallest absolute Gasteiger partial charge is 0.105 e. The Labute approximate surface area is 187 Å². The van der Waals surface area contributed by atoms with E-state index in [0.29, 0.717) is 0 Å². The molecule has 0 aliphatic carbocycles. The van der Waals surface area contributed by atoms with Gasteiger partial charge in [0.15, 0.2) is 0 Å². The van der Waals surface area contributed by atoms with Gasteiger partial charge >= 0.3 is 0 Å². The van der Waals surface area contributed by atoms with E-state index in [1.54, 1.807) is 0 Å². The molecular weight excluding hydrogens is 449 g/mol. The molecule has 0 saturated heterocycles. The molecule has 0 saturated carbocycles. The summed E-state index contributed by atoms with van der Waals surface area (Å²) in [5, 5.41) is 19.4. The fourth-order valence-electron chi connectivity index (χ4n) is 4.22. The molecule has 0 radical (unpaired) electrons. The third-order valence-corrected chi connectivity index (χ3v) is 5.46. The molecule has 0 aliphatic rings. The molecule has 0 heterocycles. The summed E-state index contributed by atoms with van der Waals surface area (Å²) in [4.78, 5) is 0. The number of nitrogens with zero attached hydrogens (tertiary/aromatic N) is 1. The van der Waals surface area contributed by atoms with Gasteiger partial charge in [-0.15, -0.1) is 0 Å². The predicted octanol–water partition coefficient (Wildman–Crippen LogP) is 2.68. The summed E-state index contributed by atoms with van der Waals surface area (Å²) in [6.07, 6.45) is 18.8. The van der Waals surface area contributed by atoms with Crippen LogP contribution in [0.5, 0.6) is 0 Å². The van der Waals surface area contributed by atoms with Gasteiger partial charge in [-0.25, -0.2) is 0 Å². The number of unbranched alkanes of at least 4 members (excludes halogenated alkanes) is 13. The number of aliphatic hydroxyl groups excluding tert-OH is 2. The van der Waals surface area contributed by atoms with E-state index in [1.807, 2.05) is 13.8 Å². The van der Waals surface area contributed by atoms with Crippen LogP contribution in [0, 0.1) is 0 Å². The number of rotatable bonds is 19. The molecule has 27 heavy (non-hydrogen) atoms. The van der Waals surface area contributed by atoms with Crippen LogP contribution in [-0.4, -0.2) is 53.6 Å². The third kappa shape index (κ3) is 21.1. The van der Waals surface area contributed by atoms with Crippen LogP contribution in [0.15, 0.2) is 0 Å². The van der Waals surface area contributed by atoms with E-state index in [1.165, 1.54) is 89.9 Å². The third-order valence-electron chi connectivity index (χ3n) is 5.46. The predicted molar refractivity (Wildman–Crippen MR) is 114 cm³/mol. The molecule has 0 fully saturated rings. The molecular formula is C23H50INO2. The number of likely N-dealkylation sites (N-methyl/N-ethyl adjacent to an activating group) is 1. The maximum Gasteiger partial charge on any atom is 0.105 e. The van der Waals surface area contributed by atoms with Crippen molar-refractivity contribution in [3.05, 3.63) is 0 Å². The SMILES string of the molecule is CCCCCCCCCCCCCCCC[N+](C)(CC(C)O)CC(C)O.[I-]. The van der Waals surface area contributed by atoms with Crippen LogP contribution in [-0.2, 0) is 0 Å². The van der Waals surface area contributed by atoms with Crippen molar-refractivity contribution in [2.45, 2.75) is 123 Å². The minimum atomic E-state index is -0.301. The highest BCUT2D eigenvalue weighted by molar-refractivity contribution is 4.53. The Balaban J connectivity index is 0. The lowest BCUT2D eigenvalue weighted by atomic mass is 10.0. The van der Waals surface area contributed by atoms with E-state index < -0.39 is 0 Å². The van der Waals surface area contributed by atoms with Gasteiger partial charge in [-0.3, -0.25) is 0 Å². The first-order valence-electron chi connectivity index (χ1n) is 11.6. The first-order chi connectivity index (χ1) is 12.4. The quantitative estimate of drug-likeness (QED) is 0.163. The van der Waals surface area contributed by atoms with Gasteiger partial charge in [0, 0.05) is 0 Å².